The van der Waals surface area contributed by atoms with Gasteiger partial charge in [0.15, 0.2) is 0 Å². The molecule has 0 spiro atoms. The maximum Gasteiger partial charge on any atom is 0.116 e. The molecule has 5 rings (SSSR count). The Balaban J connectivity index is 1.56. The van der Waals surface area contributed by atoms with Gasteiger partial charge in [0.05, 0.1) is 11.2 Å². The van der Waals surface area contributed by atoms with Crippen LogP contribution in [0, 0.1) is 12.8 Å². The number of aryl methyl sites for hydroxylation is 1. The molecule has 0 bridgehead atoms. The van der Waals surface area contributed by atoms with Gasteiger partial charge in [-0.2, -0.15) is 5.10 Å². The number of hydrogen-bond acceptors (Lipinski definition) is 3. The van der Waals surface area contributed by atoms with Crippen molar-refractivity contribution in [3.63, 3.8) is 0 Å². The van der Waals surface area contributed by atoms with Gasteiger partial charge in [0, 0.05) is 43.0 Å². The minimum atomic E-state index is 0.336. The first-order valence-corrected chi connectivity index (χ1v) is 13.3. The molecule has 5 aromatic rings. The molecule has 3 N–H and O–H groups in total. The first-order chi connectivity index (χ1) is 17.9. The number of aromatic nitrogens is 3. The molecule has 2 aromatic carbocycles. The Bertz CT molecular complexity index is 1690. The van der Waals surface area contributed by atoms with Crippen LogP contribution in [0.3, 0.4) is 0 Å². The van der Waals surface area contributed by atoms with Crippen LogP contribution in [0.4, 0.5) is 0 Å². The van der Waals surface area contributed by atoms with Crippen LogP contribution in [-0.2, 0) is 0 Å². The van der Waals surface area contributed by atoms with E-state index in [4.69, 9.17) is 5.10 Å². The number of benzene rings is 2. The van der Waals surface area contributed by atoms with E-state index in [9.17, 15) is 0 Å². The standard InChI is InChI=1S/C32H32N4S/c1-7-22(16-24(8-2)33-21(6)19(3)4)23-13-14-29-27(17-23)32(36-35-29)30-18-26-25(10-9-11-28(26)34-30)31-15-12-20(5)37-31/h7-19,33-34H,2,6H2,1,3-5H3,(H,35,36)/b22-7+,24-16+. The zero-order chi connectivity index (χ0) is 26.1. The highest BCUT2D eigenvalue weighted by molar-refractivity contribution is 7.15. The van der Waals surface area contributed by atoms with E-state index in [1.54, 1.807) is 0 Å². The van der Waals surface area contributed by atoms with Crippen LogP contribution in [0.15, 0.2) is 97.4 Å². The van der Waals surface area contributed by atoms with E-state index in [0.29, 0.717) is 5.92 Å². The molecule has 0 radical (unpaired) electrons. The van der Waals surface area contributed by atoms with Gasteiger partial charge in [0.25, 0.3) is 0 Å². The second-order valence-corrected chi connectivity index (χ2v) is 10.8. The highest BCUT2D eigenvalue weighted by Gasteiger charge is 2.15. The van der Waals surface area contributed by atoms with E-state index in [1.807, 2.05) is 17.4 Å². The van der Waals surface area contributed by atoms with Gasteiger partial charge in [-0.25, -0.2) is 0 Å². The van der Waals surface area contributed by atoms with Crippen molar-refractivity contribution in [2.45, 2.75) is 27.7 Å². The smallest absolute Gasteiger partial charge is 0.116 e. The fourth-order valence-electron chi connectivity index (χ4n) is 4.45. The Morgan fingerprint density at radius 2 is 1.89 bits per heavy atom. The van der Waals surface area contributed by atoms with Crippen molar-refractivity contribution >= 4 is 38.7 Å². The van der Waals surface area contributed by atoms with Gasteiger partial charge in [0.2, 0.25) is 0 Å². The lowest BCUT2D eigenvalue weighted by Gasteiger charge is -2.14. The maximum absolute atomic E-state index is 4.70. The van der Waals surface area contributed by atoms with Gasteiger partial charge in [-0.05, 0) is 79.5 Å². The van der Waals surface area contributed by atoms with Crippen LogP contribution < -0.4 is 5.32 Å². The Morgan fingerprint density at radius 3 is 2.59 bits per heavy atom. The summed E-state index contributed by atoms with van der Waals surface area (Å²) in [6.07, 6.45) is 6.05. The summed E-state index contributed by atoms with van der Waals surface area (Å²) < 4.78 is 0. The molecule has 0 aliphatic carbocycles. The molecule has 186 valence electrons. The largest absolute Gasteiger partial charge is 0.359 e. The van der Waals surface area contributed by atoms with Crippen molar-refractivity contribution in [3.05, 3.63) is 108 Å². The lowest BCUT2D eigenvalue weighted by Crippen LogP contribution is -2.14. The highest BCUT2D eigenvalue weighted by Crippen LogP contribution is 2.37. The third-order valence-corrected chi connectivity index (χ3v) is 7.70. The molecule has 4 nitrogen and oxygen atoms in total. The normalized spacial score (nSPS) is 12.6. The lowest BCUT2D eigenvalue weighted by atomic mass is 10.0. The van der Waals surface area contributed by atoms with E-state index < -0.39 is 0 Å². The second kappa shape index (κ2) is 10.1. The van der Waals surface area contributed by atoms with Gasteiger partial charge >= 0.3 is 0 Å². The van der Waals surface area contributed by atoms with Gasteiger partial charge in [-0.3, -0.25) is 5.10 Å². The number of nitrogens with zero attached hydrogens (tertiary/aromatic N) is 1. The van der Waals surface area contributed by atoms with Gasteiger partial charge < -0.3 is 10.3 Å². The zero-order valence-electron chi connectivity index (χ0n) is 21.8. The van der Waals surface area contributed by atoms with Crippen molar-refractivity contribution in [1.29, 1.82) is 0 Å². The number of rotatable bonds is 8. The molecule has 37 heavy (non-hydrogen) atoms. The molecule has 5 heteroatoms. The fourth-order valence-corrected chi connectivity index (χ4v) is 5.36. The minimum absolute atomic E-state index is 0.336. The van der Waals surface area contributed by atoms with Crippen molar-refractivity contribution in [1.82, 2.24) is 20.5 Å². The molecule has 0 saturated carbocycles. The Morgan fingerprint density at radius 1 is 1.05 bits per heavy atom. The van der Waals surface area contributed by atoms with Crippen LogP contribution in [-0.4, -0.2) is 15.2 Å². The monoisotopic (exact) mass is 504 g/mol. The summed E-state index contributed by atoms with van der Waals surface area (Å²) in [5, 5.41) is 13.6. The molecule has 0 amide bonds. The van der Waals surface area contributed by atoms with Gasteiger partial charge in [-0.15, -0.1) is 11.3 Å². The molecule has 0 aliphatic rings. The number of fused-ring (bicyclic) bond motifs is 2. The fraction of sp³-hybridized carbons (Fsp3) is 0.156. The Labute approximate surface area is 222 Å². The van der Waals surface area contributed by atoms with Crippen molar-refractivity contribution in [2.75, 3.05) is 0 Å². The SMILES string of the molecule is C=C/C(=C\C(=C/C)c1ccc2[nH]nc(-c3cc4c(-c5ccc(C)s5)cccc4[nH]3)c2c1)NC(=C)C(C)C. The molecule has 0 unspecified atom stereocenters. The van der Waals surface area contributed by atoms with E-state index in [-0.39, 0.29) is 0 Å². The topological polar surface area (TPSA) is 56.5 Å². The maximum atomic E-state index is 4.70. The van der Waals surface area contributed by atoms with E-state index in [2.05, 4.69) is 123 Å². The predicted molar refractivity (Wildman–Crippen MR) is 160 cm³/mol. The quantitative estimate of drug-likeness (QED) is 0.185. The molecular formula is C32H32N4S. The molecule has 0 atom stereocenters. The molecule has 0 aliphatic heterocycles. The van der Waals surface area contributed by atoms with Gasteiger partial charge in [0.1, 0.15) is 5.69 Å². The number of allylic oxidation sites excluding steroid dienone is 5. The summed E-state index contributed by atoms with van der Waals surface area (Å²) in [5.74, 6) is 0.336. The summed E-state index contributed by atoms with van der Waals surface area (Å²) >= 11 is 1.82. The summed E-state index contributed by atoms with van der Waals surface area (Å²) in [4.78, 5) is 6.19. The van der Waals surface area contributed by atoms with Crippen LogP contribution >= 0.6 is 11.3 Å². The highest BCUT2D eigenvalue weighted by atomic mass is 32.1. The third-order valence-electron chi connectivity index (χ3n) is 6.66. The van der Waals surface area contributed by atoms with Gasteiger partial charge in [-0.1, -0.05) is 51.3 Å². The third kappa shape index (κ3) is 4.83. The van der Waals surface area contributed by atoms with Crippen LogP contribution in [0.5, 0.6) is 0 Å². The number of aromatic amines is 2. The molecular weight excluding hydrogens is 472 g/mol. The lowest BCUT2D eigenvalue weighted by molar-refractivity contribution is 0.710. The predicted octanol–water partition coefficient (Wildman–Crippen LogP) is 8.98. The second-order valence-electron chi connectivity index (χ2n) is 9.55. The van der Waals surface area contributed by atoms with E-state index in [1.165, 1.54) is 20.7 Å². The summed E-state index contributed by atoms with van der Waals surface area (Å²) in [6.45, 7) is 16.6. The number of H-pyrrole nitrogens is 2. The number of nitrogens with one attached hydrogen (secondary N) is 3. The van der Waals surface area contributed by atoms with E-state index in [0.717, 1.165) is 50.3 Å². The van der Waals surface area contributed by atoms with Crippen molar-refractivity contribution in [2.24, 2.45) is 5.92 Å². The summed E-state index contributed by atoms with van der Waals surface area (Å²) in [5.41, 5.74) is 9.36. The molecule has 3 aromatic heterocycles. The Hall–Kier alpha value is -4.09. The van der Waals surface area contributed by atoms with Crippen molar-refractivity contribution < 1.29 is 0 Å². The molecule has 3 heterocycles. The summed E-state index contributed by atoms with van der Waals surface area (Å²) in [7, 11) is 0. The van der Waals surface area contributed by atoms with Crippen molar-refractivity contribution in [3.8, 4) is 21.8 Å². The summed E-state index contributed by atoms with van der Waals surface area (Å²) in [6, 6.07) is 19.4. The molecule has 0 saturated heterocycles. The average molecular weight is 505 g/mol. The molecule has 0 fully saturated rings. The number of hydrogen-bond donors (Lipinski definition) is 3. The Kier molecular flexibility index (Phi) is 6.72. The van der Waals surface area contributed by atoms with Crippen LogP contribution in [0.25, 0.3) is 49.2 Å². The van der Waals surface area contributed by atoms with Crippen LogP contribution in [0.2, 0.25) is 0 Å². The minimum Gasteiger partial charge on any atom is -0.359 e. The average Bonchev–Trinajstić information content (AvgIpc) is 3.63. The first-order valence-electron chi connectivity index (χ1n) is 12.5. The zero-order valence-corrected chi connectivity index (χ0v) is 22.6. The number of thiophene rings is 1. The van der Waals surface area contributed by atoms with E-state index >= 15 is 0 Å². The van der Waals surface area contributed by atoms with Crippen LogP contribution in [0.1, 0.15) is 31.2 Å². The first kappa shape index (κ1) is 24.6.